The first-order valence-electron chi connectivity index (χ1n) is 6.31. The van der Waals surface area contributed by atoms with E-state index in [-0.39, 0.29) is 6.10 Å². The lowest BCUT2D eigenvalue weighted by atomic mass is 10.1. The molecule has 0 saturated carbocycles. The molecule has 1 aliphatic rings. The molecule has 90 valence electrons. The molecule has 0 bridgehead atoms. The largest absolute Gasteiger partial charge is 0.387 e. The molecule has 1 unspecified atom stereocenters. The van der Waals surface area contributed by atoms with E-state index in [1.165, 1.54) is 12.8 Å². The second-order valence-corrected chi connectivity index (χ2v) is 3.93. The smallest absolute Gasteiger partial charge is 0.0916 e. The fraction of sp³-hybridized carbons (Fsp3) is 0.571. The Kier molecular flexibility index (Phi) is 6.12. The third kappa shape index (κ3) is 3.95. The van der Waals surface area contributed by atoms with E-state index in [2.05, 4.69) is 4.90 Å². The SMILES string of the molecule is CC.OC(CN1CCCC1)c1ccccc1. The minimum absolute atomic E-state index is 0.325. The van der Waals surface area contributed by atoms with Gasteiger partial charge in [0.2, 0.25) is 0 Å². The number of aliphatic hydroxyl groups excluding tert-OH is 1. The minimum Gasteiger partial charge on any atom is -0.387 e. The van der Waals surface area contributed by atoms with E-state index in [0.717, 1.165) is 25.2 Å². The summed E-state index contributed by atoms with van der Waals surface area (Å²) in [6, 6.07) is 9.90. The van der Waals surface area contributed by atoms with Crippen LogP contribution in [-0.4, -0.2) is 29.6 Å². The second-order valence-electron chi connectivity index (χ2n) is 3.93. The van der Waals surface area contributed by atoms with Crippen molar-refractivity contribution in [3.63, 3.8) is 0 Å². The van der Waals surface area contributed by atoms with Crippen LogP contribution in [0.25, 0.3) is 0 Å². The predicted octanol–water partition coefficient (Wildman–Crippen LogP) is 2.84. The lowest BCUT2D eigenvalue weighted by Gasteiger charge is -2.19. The van der Waals surface area contributed by atoms with Gasteiger partial charge < -0.3 is 10.0 Å². The molecule has 1 aromatic rings. The molecule has 2 rings (SSSR count). The number of rotatable bonds is 3. The standard InChI is InChI=1S/C12H17NO.C2H6/c14-12(10-13-8-4-5-9-13)11-6-2-1-3-7-11;1-2/h1-3,6-7,12,14H,4-5,8-10H2;1-2H3. The third-order valence-electron chi connectivity index (χ3n) is 2.81. The van der Waals surface area contributed by atoms with Gasteiger partial charge in [-0.2, -0.15) is 0 Å². The Labute approximate surface area is 98.9 Å². The van der Waals surface area contributed by atoms with Crippen LogP contribution >= 0.6 is 0 Å². The summed E-state index contributed by atoms with van der Waals surface area (Å²) in [5, 5.41) is 9.94. The molecule has 0 aromatic heterocycles. The van der Waals surface area contributed by atoms with Crippen LogP contribution in [0.2, 0.25) is 0 Å². The topological polar surface area (TPSA) is 23.5 Å². The number of likely N-dealkylation sites (tertiary alicyclic amines) is 1. The van der Waals surface area contributed by atoms with Gasteiger partial charge in [-0.05, 0) is 31.5 Å². The van der Waals surface area contributed by atoms with Gasteiger partial charge in [0, 0.05) is 6.54 Å². The second kappa shape index (κ2) is 7.42. The predicted molar refractivity (Wildman–Crippen MR) is 68.4 cm³/mol. The molecule has 0 aliphatic carbocycles. The lowest BCUT2D eigenvalue weighted by molar-refractivity contribution is 0.126. The maximum absolute atomic E-state index is 9.94. The molecular weight excluding hydrogens is 198 g/mol. The van der Waals surface area contributed by atoms with Gasteiger partial charge >= 0.3 is 0 Å². The third-order valence-corrected chi connectivity index (χ3v) is 2.81. The maximum Gasteiger partial charge on any atom is 0.0916 e. The average Bonchev–Trinajstić information content (AvgIpc) is 2.86. The van der Waals surface area contributed by atoms with Gasteiger partial charge in [0.15, 0.2) is 0 Å². The summed E-state index contributed by atoms with van der Waals surface area (Å²) in [5.74, 6) is 0. The Balaban J connectivity index is 0.000000606. The zero-order chi connectivity index (χ0) is 11.8. The first kappa shape index (κ1) is 13.2. The molecule has 2 nitrogen and oxygen atoms in total. The number of hydrogen-bond donors (Lipinski definition) is 1. The van der Waals surface area contributed by atoms with Crippen LogP contribution in [-0.2, 0) is 0 Å². The highest BCUT2D eigenvalue weighted by atomic mass is 16.3. The van der Waals surface area contributed by atoms with Gasteiger partial charge in [-0.1, -0.05) is 44.2 Å². The van der Waals surface area contributed by atoms with Crippen molar-refractivity contribution in [2.24, 2.45) is 0 Å². The van der Waals surface area contributed by atoms with Gasteiger partial charge in [0.05, 0.1) is 6.10 Å². The fourth-order valence-electron chi connectivity index (χ4n) is 1.99. The first-order chi connectivity index (χ1) is 7.86. The molecular formula is C14H23NO. The highest BCUT2D eigenvalue weighted by molar-refractivity contribution is 5.17. The molecule has 16 heavy (non-hydrogen) atoms. The Morgan fingerprint density at radius 3 is 2.25 bits per heavy atom. The monoisotopic (exact) mass is 221 g/mol. The summed E-state index contributed by atoms with van der Waals surface area (Å²) < 4.78 is 0. The molecule has 0 spiro atoms. The van der Waals surface area contributed by atoms with Crippen LogP contribution in [0.5, 0.6) is 0 Å². The van der Waals surface area contributed by atoms with E-state index in [4.69, 9.17) is 0 Å². The molecule has 1 aromatic carbocycles. The highest BCUT2D eigenvalue weighted by Gasteiger charge is 2.16. The number of aliphatic hydroxyl groups is 1. The van der Waals surface area contributed by atoms with Crippen LogP contribution in [0.4, 0.5) is 0 Å². The molecule has 2 heteroatoms. The van der Waals surface area contributed by atoms with Crippen molar-refractivity contribution < 1.29 is 5.11 Å². The van der Waals surface area contributed by atoms with E-state index in [1.54, 1.807) is 0 Å². The molecule has 1 fully saturated rings. The zero-order valence-electron chi connectivity index (χ0n) is 10.4. The molecule has 1 saturated heterocycles. The number of nitrogens with zero attached hydrogens (tertiary/aromatic N) is 1. The fourth-order valence-corrected chi connectivity index (χ4v) is 1.99. The summed E-state index contributed by atoms with van der Waals surface area (Å²) >= 11 is 0. The minimum atomic E-state index is -0.325. The first-order valence-corrected chi connectivity index (χ1v) is 6.31. The van der Waals surface area contributed by atoms with Crippen molar-refractivity contribution in [3.8, 4) is 0 Å². The summed E-state index contributed by atoms with van der Waals surface area (Å²) in [4.78, 5) is 2.33. The van der Waals surface area contributed by atoms with Crippen molar-refractivity contribution in [2.45, 2.75) is 32.8 Å². The van der Waals surface area contributed by atoms with E-state index in [9.17, 15) is 5.11 Å². The number of hydrogen-bond acceptors (Lipinski definition) is 2. The van der Waals surface area contributed by atoms with Crippen molar-refractivity contribution >= 4 is 0 Å². The zero-order valence-corrected chi connectivity index (χ0v) is 10.4. The van der Waals surface area contributed by atoms with Crippen LogP contribution in [0, 0.1) is 0 Å². The van der Waals surface area contributed by atoms with E-state index >= 15 is 0 Å². The van der Waals surface area contributed by atoms with Gasteiger partial charge in [-0.25, -0.2) is 0 Å². The normalized spacial score (nSPS) is 17.7. The number of benzene rings is 1. The van der Waals surface area contributed by atoms with Gasteiger partial charge in [-0.3, -0.25) is 0 Å². The van der Waals surface area contributed by atoms with Crippen LogP contribution < -0.4 is 0 Å². The summed E-state index contributed by atoms with van der Waals surface area (Å²) in [5.41, 5.74) is 1.03. The van der Waals surface area contributed by atoms with Crippen molar-refractivity contribution in [2.75, 3.05) is 19.6 Å². The lowest BCUT2D eigenvalue weighted by Crippen LogP contribution is -2.25. The average molecular weight is 221 g/mol. The molecule has 1 atom stereocenters. The van der Waals surface area contributed by atoms with Gasteiger partial charge in [0.25, 0.3) is 0 Å². The summed E-state index contributed by atoms with van der Waals surface area (Å²) in [6.07, 6.45) is 2.23. The summed E-state index contributed by atoms with van der Waals surface area (Å²) in [7, 11) is 0. The number of β-amino-alcohol motifs (C(OH)–C–C–N with tert-alkyl or cyclic N) is 1. The van der Waals surface area contributed by atoms with E-state index < -0.39 is 0 Å². The molecule has 1 heterocycles. The maximum atomic E-state index is 9.94. The Hall–Kier alpha value is -0.860. The van der Waals surface area contributed by atoms with E-state index in [0.29, 0.717) is 0 Å². The Morgan fingerprint density at radius 1 is 1.12 bits per heavy atom. The Morgan fingerprint density at radius 2 is 1.69 bits per heavy atom. The molecule has 1 N–H and O–H groups in total. The Bertz CT molecular complexity index is 267. The van der Waals surface area contributed by atoms with Crippen molar-refractivity contribution in [1.29, 1.82) is 0 Å². The van der Waals surface area contributed by atoms with Crippen molar-refractivity contribution in [3.05, 3.63) is 35.9 Å². The van der Waals surface area contributed by atoms with E-state index in [1.807, 2.05) is 44.2 Å². The van der Waals surface area contributed by atoms with Crippen LogP contribution in [0.1, 0.15) is 38.4 Å². The van der Waals surface area contributed by atoms with Crippen LogP contribution in [0.3, 0.4) is 0 Å². The van der Waals surface area contributed by atoms with Crippen molar-refractivity contribution in [1.82, 2.24) is 4.90 Å². The molecule has 0 amide bonds. The molecule has 1 aliphatic heterocycles. The highest BCUT2D eigenvalue weighted by Crippen LogP contribution is 2.16. The van der Waals surface area contributed by atoms with Gasteiger partial charge in [0.1, 0.15) is 0 Å². The summed E-state index contributed by atoms with van der Waals surface area (Å²) in [6.45, 7) is 7.07. The quantitative estimate of drug-likeness (QED) is 0.848. The van der Waals surface area contributed by atoms with Gasteiger partial charge in [-0.15, -0.1) is 0 Å². The molecule has 0 radical (unpaired) electrons. The van der Waals surface area contributed by atoms with Crippen LogP contribution in [0.15, 0.2) is 30.3 Å².